The fourth-order valence-corrected chi connectivity index (χ4v) is 3.81. The van der Waals surface area contributed by atoms with Crippen molar-refractivity contribution in [3.63, 3.8) is 0 Å². The van der Waals surface area contributed by atoms with Crippen LogP contribution in [0, 0.1) is 13.8 Å². The van der Waals surface area contributed by atoms with Crippen molar-refractivity contribution >= 4 is 20.7 Å². The molecule has 6 nitrogen and oxygen atoms in total. The van der Waals surface area contributed by atoms with Gasteiger partial charge in [0.2, 0.25) is 12.4 Å². The van der Waals surface area contributed by atoms with Gasteiger partial charge >= 0.3 is 21.8 Å². The Morgan fingerprint density at radius 2 is 1.39 bits per heavy atom. The zero-order valence-electron chi connectivity index (χ0n) is 17.1. The molecule has 148 valence electrons. The van der Waals surface area contributed by atoms with Crippen molar-refractivity contribution in [2.24, 2.45) is 0 Å². The molecule has 0 saturated carbocycles. The number of nitrogens with zero attached hydrogens (tertiary/aromatic N) is 2. The lowest BCUT2D eigenvalue weighted by molar-refractivity contribution is -0.789. The van der Waals surface area contributed by atoms with Crippen molar-refractivity contribution in [2.45, 2.75) is 33.5 Å². The second-order valence-electron chi connectivity index (χ2n) is 7.85. The van der Waals surface area contributed by atoms with Crippen LogP contribution in [0.5, 0.6) is 11.5 Å². The molecule has 0 bridgehead atoms. The number of ether oxygens (including phenoxy) is 2. The van der Waals surface area contributed by atoms with Crippen LogP contribution in [0.15, 0.2) is 36.4 Å². The number of hydrogen-bond donors (Lipinski definition) is 1. The highest BCUT2D eigenvalue weighted by atomic mass is 28.4. The van der Waals surface area contributed by atoms with E-state index in [2.05, 4.69) is 32.6 Å². The van der Waals surface area contributed by atoms with Crippen LogP contribution < -0.4 is 9.47 Å². The van der Waals surface area contributed by atoms with E-state index in [9.17, 15) is 0 Å². The first-order valence-electron chi connectivity index (χ1n) is 9.29. The second kappa shape index (κ2) is 8.06. The minimum atomic E-state index is -1.56. The third kappa shape index (κ3) is 4.92. The van der Waals surface area contributed by atoms with Crippen molar-refractivity contribution in [2.75, 3.05) is 13.5 Å². The standard InChI is InChI=1S/C12H18NO2Si.C9H10NO2/c1-10-6-5-7-11-8-13(9-14-12(10)11)15-16(2,3)4;1-7-3-2-4-8-5-10(11)6-12-9(7)8/h5-8H,9H2,1-4H3;2-5,11H,6H2,1H3/q2*+1. The Labute approximate surface area is 167 Å². The van der Waals surface area contributed by atoms with Gasteiger partial charge in [-0.15, -0.1) is 0 Å². The zero-order chi connectivity index (χ0) is 20.3. The summed E-state index contributed by atoms with van der Waals surface area (Å²) in [6.07, 6.45) is 3.68. The van der Waals surface area contributed by atoms with E-state index in [1.165, 1.54) is 5.56 Å². The average Bonchev–Trinajstić information content (AvgIpc) is 2.61. The van der Waals surface area contributed by atoms with Crippen LogP contribution in [0.1, 0.15) is 22.3 Å². The van der Waals surface area contributed by atoms with Crippen LogP contribution in [0.3, 0.4) is 0 Å². The molecular formula is C21H28N2O4Si+2. The van der Waals surface area contributed by atoms with Gasteiger partial charge in [0.15, 0.2) is 0 Å². The summed E-state index contributed by atoms with van der Waals surface area (Å²) in [4.78, 5) is 0. The van der Waals surface area contributed by atoms with Crippen molar-refractivity contribution < 1.29 is 28.7 Å². The monoisotopic (exact) mass is 400 g/mol. The molecule has 0 unspecified atom stereocenters. The lowest BCUT2D eigenvalue weighted by Crippen LogP contribution is -2.36. The van der Waals surface area contributed by atoms with E-state index in [1.54, 1.807) is 11.0 Å². The maximum Gasteiger partial charge on any atom is 0.336 e. The normalized spacial score (nSPS) is 14.8. The van der Waals surface area contributed by atoms with Crippen molar-refractivity contribution in [1.29, 1.82) is 0 Å². The van der Waals surface area contributed by atoms with Crippen LogP contribution in [0.4, 0.5) is 0 Å². The quantitative estimate of drug-likeness (QED) is 0.474. The Balaban J connectivity index is 0.000000167. The Morgan fingerprint density at radius 1 is 0.857 bits per heavy atom. The second-order valence-corrected chi connectivity index (χ2v) is 12.3. The summed E-state index contributed by atoms with van der Waals surface area (Å²) in [6.45, 7) is 11.2. The molecule has 0 aliphatic carbocycles. The molecular weight excluding hydrogens is 372 g/mol. The lowest BCUT2D eigenvalue weighted by atomic mass is 10.1. The summed E-state index contributed by atoms with van der Waals surface area (Å²) >= 11 is 0. The predicted molar refractivity (Wildman–Crippen MR) is 110 cm³/mol. The van der Waals surface area contributed by atoms with Crippen LogP contribution in [0.25, 0.3) is 0 Å². The summed E-state index contributed by atoms with van der Waals surface area (Å²) in [5, 5.41) is 9.10. The third-order valence-electron chi connectivity index (χ3n) is 4.12. The highest BCUT2D eigenvalue weighted by Crippen LogP contribution is 2.25. The smallest absolute Gasteiger partial charge is 0.336 e. The van der Waals surface area contributed by atoms with E-state index in [1.807, 2.05) is 43.5 Å². The molecule has 2 heterocycles. The molecule has 0 aromatic heterocycles. The summed E-state index contributed by atoms with van der Waals surface area (Å²) < 4.78 is 19.7. The van der Waals surface area contributed by atoms with Crippen molar-refractivity contribution in [3.8, 4) is 11.5 Å². The first-order chi connectivity index (χ1) is 13.2. The van der Waals surface area contributed by atoms with Crippen molar-refractivity contribution in [3.05, 3.63) is 58.7 Å². The molecule has 0 fully saturated rings. The SMILES string of the molecule is Cc1cccc2c1OC[N+](O)=C2.Cc1cccc2c1OC[N+](O[Si](C)(C)C)=C2. The molecule has 2 aliphatic rings. The van der Waals surface area contributed by atoms with E-state index in [0.29, 0.717) is 6.73 Å². The Kier molecular flexibility index (Phi) is 5.74. The number of hydroxylamine groups is 2. The highest BCUT2D eigenvalue weighted by molar-refractivity contribution is 6.69. The molecule has 0 spiro atoms. The summed E-state index contributed by atoms with van der Waals surface area (Å²) in [5.41, 5.74) is 4.27. The molecule has 2 aliphatic heterocycles. The molecule has 0 amide bonds. The maximum absolute atomic E-state index is 9.10. The van der Waals surface area contributed by atoms with Gasteiger partial charge in [0.25, 0.3) is 0 Å². The summed E-state index contributed by atoms with van der Waals surface area (Å²) in [5.74, 6) is 1.83. The largest absolute Gasteiger partial charge is 0.432 e. The van der Waals surface area contributed by atoms with Crippen LogP contribution in [0.2, 0.25) is 19.6 Å². The number of para-hydroxylation sites is 2. The number of hydrogen-bond acceptors (Lipinski definition) is 4. The van der Waals surface area contributed by atoms with Gasteiger partial charge in [0.05, 0.1) is 11.1 Å². The minimum Gasteiger partial charge on any atom is -0.432 e. The number of rotatable bonds is 2. The molecule has 4 rings (SSSR count). The van der Waals surface area contributed by atoms with Gasteiger partial charge in [-0.25, -0.2) is 0 Å². The van der Waals surface area contributed by atoms with E-state index in [0.717, 1.165) is 32.9 Å². The maximum atomic E-state index is 9.10. The van der Waals surface area contributed by atoms with Crippen LogP contribution in [-0.2, 0) is 4.53 Å². The Morgan fingerprint density at radius 3 is 1.96 bits per heavy atom. The fraction of sp³-hybridized carbons (Fsp3) is 0.333. The van der Waals surface area contributed by atoms with Gasteiger partial charge in [0.1, 0.15) is 11.5 Å². The van der Waals surface area contributed by atoms with E-state index in [4.69, 9.17) is 19.2 Å². The van der Waals surface area contributed by atoms with E-state index in [-0.39, 0.29) is 6.73 Å². The molecule has 0 atom stereocenters. The number of benzene rings is 2. The lowest BCUT2D eigenvalue weighted by Gasteiger charge is -2.18. The summed E-state index contributed by atoms with van der Waals surface area (Å²) in [7, 11) is -1.56. The molecule has 28 heavy (non-hydrogen) atoms. The van der Waals surface area contributed by atoms with Crippen molar-refractivity contribution in [1.82, 2.24) is 0 Å². The molecule has 2 aromatic rings. The molecule has 0 saturated heterocycles. The first kappa shape index (κ1) is 19.9. The van der Waals surface area contributed by atoms with Crippen LogP contribution >= 0.6 is 0 Å². The predicted octanol–water partition coefficient (Wildman–Crippen LogP) is 3.71. The number of fused-ring (bicyclic) bond motifs is 2. The Bertz CT molecular complexity index is 932. The van der Waals surface area contributed by atoms with Gasteiger partial charge in [-0.1, -0.05) is 24.3 Å². The fourth-order valence-electron chi connectivity index (χ4n) is 3.00. The van der Waals surface area contributed by atoms with E-state index >= 15 is 0 Å². The van der Waals surface area contributed by atoms with Gasteiger partial charge in [-0.2, -0.15) is 0 Å². The van der Waals surface area contributed by atoms with Gasteiger partial charge < -0.3 is 14.0 Å². The van der Waals surface area contributed by atoms with Gasteiger partial charge in [0, 0.05) is 4.74 Å². The molecule has 7 heteroatoms. The first-order valence-corrected chi connectivity index (χ1v) is 12.7. The minimum absolute atomic E-state index is 0.206. The summed E-state index contributed by atoms with van der Waals surface area (Å²) in [6, 6.07) is 12.0. The highest BCUT2D eigenvalue weighted by Gasteiger charge is 2.28. The van der Waals surface area contributed by atoms with Gasteiger partial charge in [-0.3, -0.25) is 5.21 Å². The van der Waals surface area contributed by atoms with Gasteiger partial charge in [-0.05, 0) is 61.5 Å². The molecule has 1 N–H and O–H groups in total. The third-order valence-corrected chi connectivity index (χ3v) is 4.91. The number of aryl methyl sites for hydroxylation is 2. The van der Waals surface area contributed by atoms with Crippen LogP contribution in [-0.4, -0.2) is 48.9 Å². The molecule has 0 radical (unpaired) electrons. The topological polar surface area (TPSA) is 53.9 Å². The average molecular weight is 401 g/mol. The molecule has 2 aromatic carbocycles. The Hall–Kier alpha value is -2.80. The van der Waals surface area contributed by atoms with E-state index < -0.39 is 8.32 Å². The zero-order valence-corrected chi connectivity index (χ0v) is 18.1.